The molecule has 1 aromatic carbocycles. The minimum Gasteiger partial charge on any atom is -0.550 e. The van der Waals surface area contributed by atoms with Crippen LogP contribution in [0.2, 0.25) is 0 Å². The molecule has 0 amide bonds. The minimum atomic E-state index is -0.945. The van der Waals surface area contributed by atoms with Crippen LogP contribution in [0.25, 0.3) is 0 Å². The number of hydrogen-bond donors (Lipinski definition) is 2. The Morgan fingerprint density at radius 2 is 2.23 bits per heavy atom. The number of aliphatic carboxylic acids is 1. The number of likely N-dealkylation sites (tertiary alicyclic amines) is 1. The summed E-state index contributed by atoms with van der Waals surface area (Å²) in [6.45, 7) is 4.74. The zero-order chi connectivity index (χ0) is 16.1. The molecule has 2 rings (SSSR count). The highest BCUT2D eigenvalue weighted by atomic mass is 16.5. The van der Waals surface area contributed by atoms with Gasteiger partial charge in [0.2, 0.25) is 0 Å². The van der Waals surface area contributed by atoms with Crippen molar-refractivity contribution in [3.63, 3.8) is 0 Å². The first kappa shape index (κ1) is 16.6. The summed E-state index contributed by atoms with van der Waals surface area (Å²) in [5.74, 6) is 0.595. The standard InChI is InChI=1S/C17H25NO4/c1-3-12-10-18(7-6-13(12)8-17(20)21)11-14-4-5-15(22-2)9-16(14)19/h4-5,9,12-13,19H,3,6-8,10-11H2,1-2H3,(H,20,21)/t12-,13-/m0/s1. The van der Waals surface area contributed by atoms with Crippen molar-refractivity contribution in [2.24, 2.45) is 11.8 Å². The third-order valence-electron chi connectivity index (χ3n) is 4.77. The molecule has 5 nitrogen and oxygen atoms in total. The Kier molecular flexibility index (Phi) is 5.66. The molecule has 0 spiro atoms. The van der Waals surface area contributed by atoms with Gasteiger partial charge in [-0.25, -0.2) is 0 Å². The molecule has 1 aliphatic rings. The maximum Gasteiger partial charge on any atom is 0.128 e. The van der Waals surface area contributed by atoms with E-state index in [1.807, 2.05) is 12.1 Å². The van der Waals surface area contributed by atoms with Crippen LogP contribution in [0.4, 0.5) is 0 Å². The van der Waals surface area contributed by atoms with Crippen molar-refractivity contribution in [3.8, 4) is 11.5 Å². The molecule has 1 heterocycles. The molecule has 0 bridgehead atoms. The summed E-state index contributed by atoms with van der Waals surface area (Å²) in [5.41, 5.74) is 0.906. The second-order valence-corrected chi connectivity index (χ2v) is 6.17. The van der Waals surface area contributed by atoms with Crippen molar-refractivity contribution in [3.05, 3.63) is 23.8 Å². The highest BCUT2D eigenvalue weighted by molar-refractivity contribution is 5.64. The molecule has 3 atom stereocenters. The normalized spacial score (nSPS) is 24.9. The van der Waals surface area contributed by atoms with Gasteiger partial charge >= 0.3 is 0 Å². The molecule has 2 N–H and O–H groups in total. The van der Waals surface area contributed by atoms with E-state index >= 15 is 0 Å². The number of hydrogen-bond acceptors (Lipinski definition) is 4. The number of rotatable bonds is 6. The second-order valence-electron chi connectivity index (χ2n) is 6.17. The van der Waals surface area contributed by atoms with Gasteiger partial charge in [-0.05, 0) is 30.9 Å². The van der Waals surface area contributed by atoms with E-state index in [0.29, 0.717) is 11.7 Å². The summed E-state index contributed by atoms with van der Waals surface area (Å²) in [6.07, 6.45) is 2.05. The number of carboxylic acid groups (broad SMARTS) is 1. The first-order valence-corrected chi connectivity index (χ1v) is 7.92. The molecule has 0 saturated carbocycles. The Morgan fingerprint density at radius 1 is 1.45 bits per heavy atom. The van der Waals surface area contributed by atoms with E-state index in [4.69, 9.17) is 4.74 Å². The van der Waals surface area contributed by atoms with Gasteiger partial charge in [0, 0.05) is 29.9 Å². The van der Waals surface area contributed by atoms with Crippen molar-refractivity contribution in [2.45, 2.75) is 32.7 Å². The van der Waals surface area contributed by atoms with E-state index in [9.17, 15) is 15.0 Å². The van der Waals surface area contributed by atoms with E-state index in [0.717, 1.165) is 38.0 Å². The lowest BCUT2D eigenvalue weighted by atomic mass is 9.81. The maximum absolute atomic E-state index is 10.8. The monoisotopic (exact) mass is 307 g/mol. The molecule has 122 valence electrons. The summed E-state index contributed by atoms with van der Waals surface area (Å²) in [6, 6.07) is 5.39. The van der Waals surface area contributed by atoms with Gasteiger partial charge in [-0.2, -0.15) is 0 Å². The first-order chi connectivity index (χ1) is 10.5. The first-order valence-electron chi connectivity index (χ1n) is 7.92. The fourth-order valence-corrected chi connectivity index (χ4v) is 3.48. The number of methoxy groups -OCH3 is 1. The predicted molar refractivity (Wildman–Crippen MR) is 80.6 cm³/mol. The van der Waals surface area contributed by atoms with Crippen LogP contribution in [0, 0.1) is 11.8 Å². The molecular formula is C17H25NO4. The van der Waals surface area contributed by atoms with Crippen LogP contribution in [0.15, 0.2) is 18.2 Å². The Labute approximate surface area is 131 Å². The van der Waals surface area contributed by atoms with Crippen LogP contribution < -0.4 is 14.7 Å². The lowest BCUT2D eigenvalue weighted by Gasteiger charge is -2.36. The molecule has 1 fully saturated rings. The largest absolute Gasteiger partial charge is 0.550 e. The number of nitrogens with one attached hydrogen (secondary N) is 1. The number of carboxylic acids is 1. The second kappa shape index (κ2) is 7.49. The number of benzene rings is 1. The van der Waals surface area contributed by atoms with Crippen LogP contribution in [-0.2, 0) is 11.3 Å². The summed E-state index contributed by atoms with van der Waals surface area (Å²) in [5, 5.41) is 20.9. The van der Waals surface area contributed by atoms with Crippen LogP contribution in [0.5, 0.6) is 11.5 Å². The van der Waals surface area contributed by atoms with Crippen LogP contribution >= 0.6 is 0 Å². The van der Waals surface area contributed by atoms with Crippen LogP contribution in [-0.4, -0.2) is 31.3 Å². The predicted octanol–water partition coefficient (Wildman–Crippen LogP) is -0.0282. The quantitative estimate of drug-likeness (QED) is 0.774. The Bertz CT molecular complexity index is 517. The zero-order valence-corrected chi connectivity index (χ0v) is 13.3. The smallest absolute Gasteiger partial charge is 0.128 e. The lowest BCUT2D eigenvalue weighted by Crippen LogP contribution is -3.12. The van der Waals surface area contributed by atoms with E-state index in [1.165, 1.54) is 4.90 Å². The summed E-state index contributed by atoms with van der Waals surface area (Å²) >= 11 is 0. The Hall–Kier alpha value is -1.75. The molecule has 0 radical (unpaired) electrons. The van der Waals surface area contributed by atoms with Crippen molar-refractivity contribution in [2.75, 3.05) is 20.2 Å². The van der Waals surface area contributed by atoms with E-state index in [2.05, 4.69) is 6.92 Å². The number of carbonyl (C=O) groups is 1. The van der Waals surface area contributed by atoms with Gasteiger partial charge in [0.25, 0.3) is 0 Å². The summed E-state index contributed by atoms with van der Waals surface area (Å²) in [4.78, 5) is 12.2. The molecule has 1 saturated heterocycles. The molecular weight excluding hydrogens is 282 g/mol. The van der Waals surface area contributed by atoms with Gasteiger partial charge in [0.05, 0.1) is 20.2 Å². The highest BCUT2D eigenvalue weighted by Gasteiger charge is 2.31. The summed E-state index contributed by atoms with van der Waals surface area (Å²) < 4.78 is 5.10. The molecule has 1 aromatic rings. The number of phenolic OH excluding ortho intramolecular Hbond substituents is 1. The molecule has 1 aliphatic heterocycles. The maximum atomic E-state index is 10.8. The van der Waals surface area contributed by atoms with Gasteiger partial charge in [0.15, 0.2) is 0 Å². The van der Waals surface area contributed by atoms with Gasteiger partial charge in [-0.15, -0.1) is 0 Å². The lowest BCUT2D eigenvalue weighted by molar-refractivity contribution is -0.923. The molecule has 1 unspecified atom stereocenters. The topological polar surface area (TPSA) is 74.0 Å². The zero-order valence-electron chi connectivity index (χ0n) is 13.3. The van der Waals surface area contributed by atoms with Crippen molar-refractivity contribution in [1.82, 2.24) is 0 Å². The molecule has 0 aliphatic carbocycles. The Morgan fingerprint density at radius 3 is 2.82 bits per heavy atom. The number of ether oxygens (including phenoxy) is 1. The number of quaternary nitrogens is 1. The van der Waals surface area contributed by atoms with Crippen LogP contribution in [0.3, 0.4) is 0 Å². The van der Waals surface area contributed by atoms with Crippen molar-refractivity contribution < 1.29 is 24.6 Å². The fourth-order valence-electron chi connectivity index (χ4n) is 3.48. The number of piperidine rings is 1. The SMILES string of the molecule is CC[C@H]1C[NH+](Cc2ccc(OC)cc2O)CC[C@H]1CC(=O)[O-]. The van der Waals surface area contributed by atoms with E-state index in [-0.39, 0.29) is 18.1 Å². The molecule has 22 heavy (non-hydrogen) atoms. The van der Waals surface area contributed by atoms with E-state index < -0.39 is 5.97 Å². The fraction of sp³-hybridized carbons (Fsp3) is 0.588. The van der Waals surface area contributed by atoms with Gasteiger partial charge in [0.1, 0.15) is 18.0 Å². The van der Waals surface area contributed by atoms with Crippen LogP contribution in [0.1, 0.15) is 31.7 Å². The third kappa shape index (κ3) is 4.13. The van der Waals surface area contributed by atoms with Gasteiger partial charge < -0.3 is 24.6 Å². The molecule has 0 aromatic heterocycles. The van der Waals surface area contributed by atoms with Gasteiger partial charge in [-0.3, -0.25) is 0 Å². The number of aromatic hydroxyl groups is 1. The average Bonchev–Trinajstić information content (AvgIpc) is 2.50. The number of phenols is 1. The molecule has 5 heteroatoms. The van der Waals surface area contributed by atoms with Crippen molar-refractivity contribution >= 4 is 5.97 Å². The highest BCUT2D eigenvalue weighted by Crippen LogP contribution is 2.25. The average molecular weight is 307 g/mol. The van der Waals surface area contributed by atoms with Gasteiger partial charge in [-0.1, -0.05) is 6.92 Å². The minimum absolute atomic E-state index is 0.166. The van der Waals surface area contributed by atoms with Crippen molar-refractivity contribution in [1.29, 1.82) is 0 Å². The summed E-state index contributed by atoms with van der Waals surface area (Å²) in [7, 11) is 1.58. The Balaban J connectivity index is 1.98. The van der Waals surface area contributed by atoms with E-state index in [1.54, 1.807) is 13.2 Å². The third-order valence-corrected chi connectivity index (χ3v) is 4.77. The number of carbonyl (C=O) groups excluding carboxylic acids is 1.